The van der Waals surface area contributed by atoms with Crippen molar-refractivity contribution in [3.63, 3.8) is 0 Å². The van der Waals surface area contributed by atoms with Crippen LogP contribution in [0.2, 0.25) is 0 Å². The minimum absolute atomic E-state index is 0.609. The molecule has 0 aliphatic carbocycles. The molecule has 3 rings (SSSR count). The molecule has 5 heteroatoms. The number of nitrogens with one attached hydrogen (secondary N) is 1. The van der Waals surface area contributed by atoms with Crippen LogP contribution in [0.25, 0.3) is 22.4 Å². The summed E-state index contributed by atoms with van der Waals surface area (Å²) in [6.45, 7) is 2.45. The van der Waals surface area contributed by atoms with Gasteiger partial charge in [-0.25, -0.2) is 4.98 Å². The van der Waals surface area contributed by atoms with E-state index in [0.717, 1.165) is 34.3 Å². The van der Waals surface area contributed by atoms with Gasteiger partial charge in [-0.1, -0.05) is 0 Å². The van der Waals surface area contributed by atoms with Crippen molar-refractivity contribution in [3.8, 4) is 11.3 Å². The zero-order valence-corrected chi connectivity index (χ0v) is 10.1. The monoisotopic (exact) mass is 242 g/mol. The summed E-state index contributed by atoms with van der Waals surface area (Å²) in [5, 5.41) is 7.09. The Kier molecular flexibility index (Phi) is 2.60. The molecule has 0 amide bonds. The maximum Gasteiger partial charge on any atom is 0.192 e. The number of hydrogen-bond acceptors (Lipinski definition) is 4. The molecule has 0 saturated carbocycles. The summed E-state index contributed by atoms with van der Waals surface area (Å²) in [5.41, 5.74) is 10.4. The summed E-state index contributed by atoms with van der Waals surface area (Å²) in [4.78, 5) is 4.33. The molecular formula is C13H14N4O. The highest BCUT2D eigenvalue weighted by atomic mass is 16.3. The summed E-state index contributed by atoms with van der Waals surface area (Å²) in [6, 6.07) is 5.93. The molecule has 5 nitrogen and oxygen atoms in total. The molecule has 2 heterocycles. The molecule has 0 unspecified atom stereocenters. The van der Waals surface area contributed by atoms with Gasteiger partial charge in [0.05, 0.1) is 11.9 Å². The number of nitrogens with two attached hydrogens (primary N) is 1. The molecule has 3 N–H and O–H groups in total. The first kappa shape index (κ1) is 11.0. The van der Waals surface area contributed by atoms with Crippen molar-refractivity contribution in [1.29, 1.82) is 0 Å². The SMILES string of the molecule is Cc1nc2cc(-c3[nH]ncc3CCN)ccc2o1. The minimum Gasteiger partial charge on any atom is -0.441 e. The highest BCUT2D eigenvalue weighted by Gasteiger charge is 2.09. The van der Waals surface area contributed by atoms with E-state index in [0.29, 0.717) is 12.4 Å². The number of aryl methyl sites for hydroxylation is 1. The Labute approximate surface area is 104 Å². The third kappa shape index (κ3) is 1.78. The van der Waals surface area contributed by atoms with Crippen LogP contribution < -0.4 is 5.73 Å². The summed E-state index contributed by atoms with van der Waals surface area (Å²) in [6.07, 6.45) is 2.63. The van der Waals surface area contributed by atoms with E-state index in [2.05, 4.69) is 15.2 Å². The van der Waals surface area contributed by atoms with Crippen molar-refractivity contribution in [2.75, 3.05) is 6.54 Å². The van der Waals surface area contributed by atoms with Gasteiger partial charge < -0.3 is 10.2 Å². The van der Waals surface area contributed by atoms with Crippen LogP contribution in [0.1, 0.15) is 11.5 Å². The minimum atomic E-state index is 0.609. The highest BCUT2D eigenvalue weighted by Crippen LogP contribution is 2.25. The molecule has 92 valence electrons. The number of aromatic amines is 1. The number of oxazole rings is 1. The van der Waals surface area contributed by atoms with Crippen LogP contribution >= 0.6 is 0 Å². The van der Waals surface area contributed by atoms with E-state index in [1.807, 2.05) is 31.3 Å². The van der Waals surface area contributed by atoms with Gasteiger partial charge in [-0.05, 0) is 36.7 Å². The standard InChI is InChI=1S/C13H14N4O/c1-8-16-11-6-9(2-3-12(11)18-8)13-10(4-5-14)7-15-17-13/h2-3,6-7H,4-5,14H2,1H3,(H,15,17). The lowest BCUT2D eigenvalue weighted by atomic mass is 10.1. The predicted octanol–water partition coefficient (Wildman–Crippen LogP) is 2.03. The third-order valence-corrected chi connectivity index (χ3v) is 2.91. The molecule has 2 aromatic heterocycles. The summed E-state index contributed by atoms with van der Waals surface area (Å²) in [5.74, 6) is 0.675. The summed E-state index contributed by atoms with van der Waals surface area (Å²) < 4.78 is 5.46. The zero-order valence-electron chi connectivity index (χ0n) is 10.1. The molecule has 18 heavy (non-hydrogen) atoms. The van der Waals surface area contributed by atoms with E-state index in [4.69, 9.17) is 10.2 Å². The maximum absolute atomic E-state index is 5.59. The van der Waals surface area contributed by atoms with Gasteiger partial charge in [0.25, 0.3) is 0 Å². The Hall–Kier alpha value is -2.14. The van der Waals surface area contributed by atoms with Gasteiger partial charge in [-0.15, -0.1) is 0 Å². The lowest BCUT2D eigenvalue weighted by Crippen LogP contribution is -2.02. The van der Waals surface area contributed by atoms with Crippen LogP contribution in [0.3, 0.4) is 0 Å². The van der Waals surface area contributed by atoms with Gasteiger partial charge in [0.1, 0.15) is 5.52 Å². The van der Waals surface area contributed by atoms with Crippen LogP contribution in [0.4, 0.5) is 0 Å². The van der Waals surface area contributed by atoms with Gasteiger partial charge >= 0.3 is 0 Å². The van der Waals surface area contributed by atoms with Gasteiger partial charge in [-0.2, -0.15) is 5.10 Å². The number of aromatic nitrogens is 3. The van der Waals surface area contributed by atoms with Crippen LogP contribution in [-0.2, 0) is 6.42 Å². The van der Waals surface area contributed by atoms with Crippen molar-refractivity contribution in [1.82, 2.24) is 15.2 Å². The molecular weight excluding hydrogens is 228 g/mol. The molecule has 0 spiro atoms. The third-order valence-electron chi connectivity index (χ3n) is 2.91. The average molecular weight is 242 g/mol. The number of nitrogens with zero attached hydrogens (tertiary/aromatic N) is 2. The number of benzene rings is 1. The van der Waals surface area contributed by atoms with E-state index in [1.54, 1.807) is 0 Å². The smallest absolute Gasteiger partial charge is 0.192 e. The number of H-pyrrole nitrogens is 1. The Morgan fingerprint density at radius 1 is 1.39 bits per heavy atom. The Balaban J connectivity index is 2.10. The van der Waals surface area contributed by atoms with E-state index >= 15 is 0 Å². The lowest BCUT2D eigenvalue weighted by molar-refractivity contribution is 0.561. The fraction of sp³-hybridized carbons (Fsp3) is 0.231. The largest absolute Gasteiger partial charge is 0.441 e. The van der Waals surface area contributed by atoms with Crippen LogP contribution in [0.5, 0.6) is 0 Å². The normalized spacial score (nSPS) is 11.2. The van der Waals surface area contributed by atoms with E-state index in [-0.39, 0.29) is 0 Å². The molecule has 0 bridgehead atoms. The van der Waals surface area contributed by atoms with Crippen molar-refractivity contribution in [2.45, 2.75) is 13.3 Å². The quantitative estimate of drug-likeness (QED) is 0.736. The lowest BCUT2D eigenvalue weighted by Gasteiger charge is -2.01. The van der Waals surface area contributed by atoms with Gasteiger partial charge in [-0.3, -0.25) is 5.10 Å². The van der Waals surface area contributed by atoms with Crippen molar-refractivity contribution in [2.24, 2.45) is 5.73 Å². The molecule has 0 aliphatic heterocycles. The molecule has 0 atom stereocenters. The molecule has 0 fully saturated rings. The van der Waals surface area contributed by atoms with E-state index < -0.39 is 0 Å². The second kappa shape index (κ2) is 4.27. The average Bonchev–Trinajstić information content (AvgIpc) is 2.93. The van der Waals surface area contributed by atoms with Crippen LogP contribution in [0, 0.1) is 6.92 Å². The second-order valence-electron chi connectivity index (χ2n) is 4.22. The number of rotatable bonds is 3. The van der Waals surface area contributed by atoms with Gasteiger partial charge in [0.15, 0.2) is 11.5 Å². The van der Waals surface area contributed by atoms with Crippen molar-refractivity contribution < 1.29 is 4.42 Å². The van der Waals surface area contributed by atoms with Crippen molar-refractivity contribution >= 4 is 11.1 Å². The highest BCUT2D eigenvalue weighted by molar-refractivity contribution is 5.80. The van der Waals surface area contributed by atoms with Crippen molar-refractivity contribution in [3.05, 3.63) is 35.9 Å². The molecule has 0 saturated heterocycles. The predicted molar refractivity (Wildman–Crippen MR) is 69.1 cm³/mol. The Morgan fingerprint density at radius 2 is 2.28 bits per heavy atom. The second-order valence-corrected chi connectivity index (χ2v) is 4.22. The topological polar surface area (TPSA) is 80.7 Å². The first-order valence-electron chi connectivity index (χ1n) is 5.88. The molecule has 3 aromatic rings. The van der Waals surface area contributed by atoms with E-state index in [9.17, 15) is 0 Å². The number of hydrogen-bond donors (Lipinski definition) is 2. The fourth-order valence-electron chi connectivity index (χ4n) is 2.10. The summed E-state index contributed by atoms with van der Waals surface area (Å²) >= 11 is 0. The van der Waals surface area contributed by atoms with Crippen LogP contribution in [0.15, 0.2) is 28.8 Å². The summed E-state index contributed by atoms with van der Waals surface area (Å²) in [7, 11) is 0. The number of fused-ring (bicyclic) bond motifs is 1. The zero-order chi connectivity index (χ0) is 12.5. The molecule has 1 aromatic carbocycles. The van der Waals surface area contributed by atoms with Gasteiger partial charge in [0.2, 0.25) is 0 Å². The Morgan fingerprint density at radius 3 is 3.11 bits per heavy atom. The maximum atomic E-state index is 5.59. The first-order valence-corrected chi connectivity index (χ1v) is 5.88. The fourth-order valence-corrected chi connectivity index (χ4v) is 2.10. The van der Waals surface area contributed by atoms with Gasteiger partial charge in [0, 0.05) is 12.5 Å². The van der Waals surface area contributed by atoms with Crippen LogP contribution in [-0.4, -0.2) is 21.7 Å². The first-order chi connectivity index (χ1) is 8.78. The molecule has 0 radical (unpaired) electrons. The molecule has 0 aliphatic rings. The Bertz CT molecular complexity index is 683. The van der Waals surface area contributed by atoms with E-state index in [1.165, 1.54) is 0 Å².